The summed E-state index contributed by atoms with van der Waals surface area (Å²) in [4.78, 5) is 21.9. The first-order valence-corrected chi connectivity index (χ1v) is 4.54. The molecule has 0 aromatic carbocycles. The molecule has 0 saturated heterocycles. The minimum absolute atomic E-state index is 0.252. The Morgan fingerprint density at radius 1 is 1.53 bits per heavy atom. The molecule has 0 fully saturated rings. The molecule has 1 aromatic rings. The highest BCUT2D eigenvalue weighted by atomic mass is 16.4. The fraction of sp³-hybridized carbons (Fsp3) is 0.444. The maximum atomic E-state index is 11.4. The molecule has 1 heterocycles. The van der Waals surface area contributed by atoms with Gasteiger partial charge >= 0.3 is 5.97 Å². The van der Waals surface area contributed by atoms with E-state index in [4.69, 9.17) is 5.11 Å². The van der Waals surface area contributed by atoms with Gasteiger partial charge in [-0.1, -0.05) is 0 Å². The van der Waals surface area contributed by atoms with Crippen LogP contribution in [0.15, 0.2) is 12.4 Å². The van der Waals surface area contributed by atoms with Crippen LogP contribution in [0.5, 0.6) is 0 Å². The van der Waals surface area contributed by atoms with Gasteiger partial charge in [-0.05, 0) is 13.8 Å². The fourth-order valence-electron chi connectivity index (χ4n) is 1.03. The molecule has 0 aliphatic carbocycles. The molecular weight excluding hydrogens is 198 g/mol. The highest BCUT2D eigenvalue weighted by Gasteiger charge is 2.22. The quantitative estimate of drug-likeness (QED) is 0.624. The van der Waals surface area contributed by atoms with Crippen molar-refractivity contribution in [1.82, 2.24) is 15.5 Å². The summed E-state index contributed by atoms with van der Waals surface area (Å²) in [5.74, 6) is -2.68. The van der Waals surface area contributed by atoms with E-state index in [9.17, 15) is 9.59 Å². The van der Waals surface area contributed by atoms with Crippen molar-refractivity contribution in [3.8, 4) is 0 Å². The van der Waals surface area contributed by atoms with Gasteiger partial charge in [-0.2, -0.15) is 5.10 Å². The smallest absolute Gasteiger partial charge is 0.315 e. The van der Waals surface area contributed by atoms with E-state index in [0.717, 1.165) is 5.56 Å². The molecule has 1 amide bonds. The number of carboxylic acids is 1. The van der Waals surface area contributed by atoms with E-state index in [1.807, 2.05) is 0 Å². The zero-order valence-electron chi connectivity index (χ0n) is 8.52. The first-order valence-electron chi connectivity index (χ1n) is 4.54. The Balaban J connectivity index is 2.56. The third kappa shape index (κ3) is 2.80. The van der Waals surface area contributed by atoms with Gasteiger partial charge in [0.15, 0.2) is 0 Å². The first kappa shape index (κ1) is 11.2. The normalized spacial score (nSPS) is 14.3. The maximum Gasteiger partial charge on any atom is 0.315 e. The van der Waals surface area contributed by atoms with Gasteiger partial charge in [0.25, 0.3) is 0 Å². The van der Waals surface area contributed by atoms with Crippen molar-refractivity contribution in [2.75, 3.05) is 0 Å². The topological polar surface area (TPSA) is 95.1 Å². The number of aromatic amines is 1. The molecule has 0 saturated carbocycles. The molecular formula is C9H13N3O3. The van der Waals surface area contributed by atoms with Crippen LogP contribution in [-0.2, 0) is 9.59 Å². The molecule has 6 nitrogen and oxygen atoms in total. The van der Waals surface area contributed by atoms with Crippen LogP contribution in [0.2, 0.25) is 0 Å². The monoisotopic (exact) mass is 211 g/mol. The lowest BCUT2D eigenvalue weighted by atomic mass is 10.1. The third-order valence-corrected chi connectivity index (χ3v) is 2.14. The van der Waals surface area contributed by atoms with Gasteiger partial charge in [0.2, 0.25) is 5.91 Å². The van der Waals surface area contributed by atoms with E-state index in [2.05, 4.69) is 15.5 Å². The van der Waals surface area contributed by atoms with Gasteiger partial charge in [0.05, 0.1) is 12.2 Å². The van der Waals surface area contributed by atoms with Gasteiger partial charge in [-0.3, -0.25) is 14.7 Å². The maximum absolute atomic E-state index is 11.4. The lowest BCUT2D eigenvalue weighted by Crippen LogP contribution is -2.35. The number of nitrogens with one attached hydrogen (secondary N) is 2. The number of aliphatic carboxylic acids is 1. The van der Waals surface area contributed by atoms with E-state index in [1.54, 1.807) is 19.3 Å². The van der Waals surface area contributed by atoms with E-state index in [0.29, 0.717) is 0 Å². The van der Waals surface area contributed by atoms with Crippen LogP contribution in [0.3, 0.4) is 0 Å². The third-order valence-electron chi connectivity index (χ3n) is 2.14. The van der Waals surface area contributed by atoms with Crippen LogP contribution in [0.4, 0.5) is 0 Å². The lowest BCUT2D eigenvalue weighted by molar-refractivity contribution is -0.146. The number of carbonyl (C=O) groups is 2. The molecule has 1 aromatic heterocycles. The number of H-pyrrole nitrogens is 1. The Labute approximate surface area is 86.7 Å². The molecule has 15 heavy (non-hydrogen) atoms. The van der Waals surface area contributed by atoms with Crippen molar-refractivity contribution in [3.05, 3.63) is 18.0 Å². The van der Waals surface area contributed by atoms with Crippen LogP contribution >= 0.6 is 0 Å². The fourth-order valence-corrected chi connectivity index (χ4v) is 1.03. The number of rotatable bonds is 4. The summed E-state index contributed by atoms with van der Waals surface area (Å²) in [6.07, 6.45) is 3.23. The largest absolute Gasteiger partial charge is 0.481 e. The van der Waals surface area contributed by atoms with Gasteiger partial charge in [-0.25, -0.2) is 0 Å². The number of amides is 1. The van der Waals surface area contributed by atoms with Crippen LogP contribution in [0.25, 0.3) is 0 Å². The molecule has 6 heteroatoms. The van der Waals surface area contributed by atoms with Crippen molar-refractivity contribution in [2.45, 2.75) is 19.9 Å². The van der Waals surface area contributed by atoms with E-state index < -0.39 is 17.8 Å². The molecule has 2 atom stereocenters. The van der Waals surface area contributed by atoms with Crippen LogP contribution in [0, 0.1) is 5.92 Å². The van der Waals surface area contributed by atoms with Crippen LogP contribution < -0.4 is 5.32 Å². The summed E-state index contributed by atoms with van der Waals surface area (Å²) >= 11 is 0. The molecule has 0 radical (unpaired) electrons. The van der Waals surface area contributed by atoms with Crippen LogP contribution in [0.1, 0.15) is 25.5 Å². The SMILES string of the molecule is CC(C(=O)O)C(=O)NC(C)c1cn[nH]c1. The average molecular weight is 211 g/mol. The number of carbonyl (C=O) groups excluding carboxylic acids is 1. The summed E-state index contributed by atoms with van der Waals surface area (Å²) in [5, 5.41) is 17.6. The minimum atomic E-state index is -1.13. The number of hydrogen-bond acceptors (Lipinski definition) is 3. The molecule has 0 aliphatic heterocycles. The average Bonchev–Trinajstić information content (AvgIpc) is 2.68. The summed E-state index contributed by atoms with van der Waals surface area (Å²) < 4.78 is 0. The van der Waals surface area contributed by atoms with Crippen molar-refractivity contribution >= 4 is 11.9 Å². The molecule has 3 N–H and O–H groups in total. The molecule has 0 aliphatic rings. The van der Waals surface area contributed by atoms with E-state index in [-0.39, 0.29) is 6.04 Å². The van der Waals surface area contributed by atoms with E-state index >= 15 is 0 Å². The van der Waals surface area contributed by atoms with Crippen molar-refractivity contribution in [1.29, 1.82) is 0 Å². The summed E-state index contributed by atoms with van der Waals surface area (Å²) in [7, 11) is 0. The van der Waals surface area contributed by atoms with Crippen LogP contribution in [-0.4, -0.2) is 27.2 Å². The second kappa shape index (κ2) is 4.59. The van der Waals surface area contributed by atoms with Gasteiger partial charge in [-0.15, -0.1) is 0 Å². The molecule has 1 rings (SSSR count). The van der Waals surface area contributed by atoms with E-state index in [1.165, 1.54) is 6.92 Å². The minimum Gasteiger partial charge on any atom is -0.481 e. The van der Waals surface area contributed by atoms with Crippen molar-refractivity contribution < 1.29 is 14.7 Å². The highest BCUT2D eigenvalue weighted by molar-refractivity contribution is 5.96. The van der Waals surface area contributed by atoms with Gasteiger partial charge in [0, 0.05) is 11.8 Å². The van der Waals surface area contributed by atoms with Gasteiger partial charge < -0.3 is 10.4 Å². The van der Waals surface area contributed by atoms with Crippen molar-refractivity contribution in [2.24, 2.45) is 5.92 Å². The number of nitrogens with zero attached hydrogens (tertiary/aromatic N) is 1. The predicted molar refractivity (Wildman–Crippen MR) is 51.9 cm³/mol. The summed E-state index contributed by atoms with van der Waals surface area (Å²) in [6.45, 7) is 3.11. The number of aromatic nitrogens is 2. The summed E-state index contributed by atoms with van der Waals surface area (Å²) in [5.41, 5.74) is 0.806. The second-order valence-electron chi connectivity index (χ2n) is 3.32. The molecule has 0 bridgehead atoms. The Hall–Kier alpha value is -1.85. The second-order valence-corrected chi connectivity index (χ2v) is 3.32. The predicted octanol–water partition coefficient (Wildman–Crippen LogP) is 0.308. The number of carboxylic acid groups (broad SMARTS) is 1. The standard InChI is InChI=1S/C9H13N3O3/c1-5(9(14)15)8(13)12-6(2)7-3-10-11-4-7/h3-6H,1-2H3,(H,10,11)(H,12,13)(H,14,15). The highest BCUT2D eigenvalue weighted by Crippen LogP contribution is 2.10. The summed E-state index contributed by atoms with van der Waals surface area (Å²) in [6, 6.07) is -0.252. The Kier molecular flexibility index (Phi) is 3.43. The zero-order chi connectivity index (χ0) is 11.4. The van der Waals surface area contributed by atoms with Gasteiger partial charge in [0.1, 0.15) is 5.92 Å². The lowest BCUT2D eigenvalue weighted by Gasteiger charge is -2.13. The zero-order valence-corrected chi connectivity index (χ0v) is 8.52. The Morgan fingerprint density at radius 3 is 2.67 bits per heavy atom. The Morgan fingerprint density at radius 2 is 2.20 bits per heavy atom. The Bertz CT molecular complexity index is 347. The number of hydrogen-bond donors (Lipinski definition) is 3. The van der Waals surface area contributed by atoms with Crippen molar-refractivity contribution in [3.63, 3.8) is 0 Å². The molecule has 82 valence electrons. The molecule has 0 spiro atoms. The first-order chi connectivity index (χ1) is 7.02. The molecule has 2 unspecified atom stereocenters.